The molecule has 0 unspecified atom stereocenters. The van der Waals surface area contributed by atoms with Gasteiger partial charge in [-0.1, -0.05) is 12.1 Å². The third-order valence-electron chi connectivity index (χ3n) is 2.07. The minimum atomic E-state index is -0.309. The molecule has 0 fully saturated rings. The summed E-state index contributed by atoms with van der Waals surface area (Å²) in [7, 11) is 1.56. The number of hydrogen-bond donors (Lipinski definition) is 2. The van der Waals surface area contributed by atoms with Crippen LogP contribution in [0.3, 0.4) is 0 Å². The van der Waals surface area contributed by atoms with Crippen molar-refractivity contribution in [3.63, 3.8) is 0 Å². The van der Waals surface area contributed by atoms with Gasteiger partial charge in [0.25, 0.3) is 0 Å². The Hall–Kier alpha value is -0.970. The highest BCUT2D eigenvalue weighted by molar-refractivity contribution is 5.26. The highest BCUT2D eigenvalue weighted by Crippen LogP contribution is 2.15. The van der Waals surface area contributed by atoms with Gasteiger partial charge in [0.15, 0.2) is 0 Å². The third kappa shape index (κ3) is 2.51. The monoisotopic (exact) mass is 198 g/mol. The molecule has 0 heterocycles. The maximum absolute atomic E-state index is 13.3. The van der Waals surface area contributed by atoms with E-state index < -0.39 is 0 Å². The van der Waals surface area contributed by atoms with Crippen LogP contribution in [0, 0.1) is 5.82 Å². The zero-order valence-electron chi connectivity index (χ0n) is 8.16. The molecule has 1 aromatic rings. The molecule has 3 nitrogen and oxygen atoms in total. The van der Waals surface area contributed by atoms with E-state index in [1.165, 1.54) is 6.07 Å². The average Bonchev–Trinajstić information content (AvgIpc) is 2.18. The molecule has 1 rings (SSSR count). The van der Waals surface area contributed by atoms with E-state index in [-0.39, 0.29) is 18.4 Å². The summed E-state index contributed by atoms with van der Waals surface area (Å²) >= 11 is 0. The summed E-state index contributed by atoms with van der Waals surface area (Å²) in [6.45, 7) is 0.576. The van der Waals surface area contributed by atoms with Crippen molar-refractivity contribution in [2.24, 2.45) is 11.5 Å². The van der Waals surface area contributed by atoms with Crippen LogP contribution in [0.5, 0.6) is 0 Å². The van der Waals surface area contributed by atoms with Crippen molar-refractivity contribution in [1.82, 2.24) is 0 Å². The summed E-state index contributed by atoms with van der Waals surface area (Å²) in [4.78, 5) is 0. The normalized spacial score (nSPS) is 12.9. The van der Waals surface area contributed by atoms with Crippen molar-refractivity contribution in [2.45, 2.75) is 12.6 Å². The summed E-state index contributed by atoms with van der Waals surface area (Å²) in [6, 6.07) is 4.54. The van der Waals surface area contributed by atoms with Gasteiger partial charge in [-0.15, -0.1) is 0 Å². The summed E-state index contributed by atoms with van der Waals surface area (Å²) in [6.07, 6.45) is 0. The Bertz CT molecular complexity index is 304. The van der Waals surface area contributed by atoms with Crippen LogP contribution in [0.2, 0.25) is 0 Å². The van der Waals surface area contributed by atoms with Crippen molar-refractivity contribution in [3.8, 4) is 0 Å². The topological polar surface area (TPSA) is 61.3 Å². The molecule has 1 aromatic carbocycles. The second-order valence-corrected chi connectivity index (χ2v) is 3.12. The van der Waals surface area contributed by atoms with Crippen LogP contribution >= 0.6 is 0 Å². The molecule has 0 bridgehead atoms. The van der Waals surface area contributed by atoms with Crippen LogP contribution in [0.25, 0.3) is 0 Å². The van der Waals surface area contributed by atoms with E-state index >= 15 is 0 Å². The first kappa shape index (κ1) is 11.1. The zero-order chi connectivity index (χ0) is 10.6. The third-order valence-corrected chi connectivity index (χ3v) is 2.07. The largest absolute Gasteiger partial charge is 0.383 e. The molecule has 0 aliphatic carbocycles. The van der Waals surface area contributed by atoms with Crippen LogP contribution < -0.4 is 11.5 Å². The first-order valence-electron chi connectivity index (χ1n) is 4.42. The molecule has 4 heteroatoms. The number of methoxy groups -OCH3 is 1. The van der Waals surface area contributed by atoms with Gasteiger partial charge in [0.2, 0.25) is 0 Å². The van der Waals surface area contributed by atoms with E-state index in [1.807, 2.05) is 0 Å². The Balaban J connectivity index is 2.85. The fourth-order valence-electron chi connectivity index (χ4n) is 1.24. The number of nitrogens with two attached hydrogens (primary N) is 2. The molecule has 0 saturated carbocycles. The fraction of sp³-hybridized carbons (Fsp3) is 0.400. The Kier molecular flexibility index (Phi) is 4.00. The lowest BCUT2D eigenvalue weighted by Gasteiger charge is -2.11. The van der Waals surface area contributed by atoms with Gasteiger partial charge >= 0.3 is 0 Å². The first-order valence-corrected chi connectivity index (χ1v) is 4.42. The smallest absolute Gasteiger partial charge is 0.128 e. The fourth-order valence-corrected chi connectivity index (χ4v) is 1.24. The number of rotatable bonds is 4. The molecule has 14 heavy (non-hydrogen) atoms. The minimum absolute atomic E-state index is 0.200. The first-order chi connectivity index (χ1) is 6.69. The molecule has 0 aliphatic rings. The molecule has 0 amide bonds. The van der Waals surface area contributed by atoms with Gasteiger partial charge in [-0.3, -0.25) is 0 Å². The minimum Gasteiger partial charge on any atom is -0.383 e. The van der Waals surface area contributed by atoms with Gasteiger partial charge in [0.05, 0.1) is 12.6 Å². The number of hydrogen-bond acceptors (Lipinski definition) is 3. The predicted octanol–water partition coefficient (Wildman–Crippen LogP) is 0.931. The Morgan fingerprint density at radius 2 is 2.21 bits per heavy atom. The molecule has 0 radical (unpaired) electrons. The van der Waals surface area contributed by atoms with Crippen molar-refractivity contribution < 1.29 is 9.13 Å². The molecular formula is C10H15FN2O. The van der Waals surface area contributed by atoms with Gasteiger partial charge in [0.1, 0.15) is 5.82 Å². The average molecular weight is 198 g/mol. The van der Waals surface area contributed by atoms with Crippen LogP contribution in [0.1, 0.15) is 17.2 Å². The highest BCUT2D eigenvalue weighted by atomic mass is 19.1. The summed E-state index contributed by atoms with van der Waals surface area (Å²) in [5, 5.41) is 0. The van der Waals surface area contributed by atoms with Crippen molar-refractivity contribution in [3.05, 3.63) is 35.1 Å². The van der Waals surface area contributed by atoms with Gasteiger partial charge < -0.3 is 16.2 Å². The lowest BCUT2D eigenvalue weighted by Crippen LogP contribution is -2.16. The standard InChI is InChI=1S/C10H15FN2O/c1-14-6-10(13)7-2-3-8(5-12)9(11)4-7/h2-4,10H,5-6,12-13H2,1H3/t10-/m0/s1. The molecule has 0 aliphatic heterocycles. The zero-order valence-corrected chi connectivity index (χ0v) is 8.16. The van der Waals surface area contributed by atoms with E-state index in [2.05, 4.69) is 0 Å². The SMILES string of the molecule is COC[C@H](N)c1ccc(CN)c(F)c1. The second-order valence-electron chi connectivity index (χ2n) is 3.12. The van der Waals surface area contributed by atoms with Crippen LogP contribution in [0.4, 0.5) is 4.39 Å². The lowest BCUT2D eigenvalue weighted by atomic mass is 10.1. The molecule has 78 valence electrons. The molecule has 1 atom stereocenters. The van der Waals surface area contributed by atoms with Crippen molar-refractivity contribution >= 4 is 0 Å². The number of halogens is 1. The quantitative estimate of drug-likeness (QED) is 0.756. The predicted molar refractivity (Wildman–Crippen MR) is 53.1 cm³/mol. The Morgan fingerprint density at radius 1 is 1.50 bits per heavy atom. The van der Waals surface area contributed by atoms with E-state index in [0.29, 0.717) is 12.2 Å². The maximum atomic E-state index is 13.3. The summed E-state index contributed by atoms with van der Waals surface area (Å²) in [5.74, 6) is -0.309. The summed E-state index contributed by atoms with van der Waals surface area (Å²) in [5.41, 5.74) is 12.3. The van der Waals surface area contributed by atoms with Gasteiger partial charge in [-0.25, -0.2) is 4.39 Å². The lowest BCUT2D eigenvalue weighted by molar-refractivity contribution is 0.181. The number of ether oxygens (including phenoxy) is 1. The van der Waals surface area contributed by atoms with E-state index in [4.69, 9.17) is 16.2 Å². The molecule has 0 aromatic heterocycles. The van der Waals surface area contributed by atoms with Gasteiger partial charge in [-0.2, -0.15) is 0 Å². The van der Waals surface area contributed by atoms with Crippen LogP contribution in [-0.4, -0.2) is 13.7 Å². The maximum Gasteiger partial charge on any atom is 0.128 e. The Morgan fingerprint density at radius 3 is 2.71 bits per heavy atom. The van der Waals surface area contributed by atoms with Crippen LogP contribution in [-0.2, 0) is 11.3 Å². The van der Waals surface area contributed by atoms with Crippen molar-refractivity contribution in [2.75, 3.05) is 13.7 Å². The molecule has 0 spiro atoms. The van der Waals surface area contributed by atoms with E-state index in [1.54, 1.807) is 19.2 Å². The molecule has 4 N–H and O–H groups in total. The Labute approximate surface area is 82.9 Å². The van der Waals surface area contributed by atoms with Crippen molar-refractivity contribution in [1.29, 1.82) is 0 Å². The number of benzene rings is 1. The molecule has 0 saturated heterocycles. The molecular weight excluding hydrogens is 183 g/mol. The van der Waals surface area contributed by atoms with Gasteiger partial charge in [-0.05, 0) is 11.6 Å². The van der Waals surface area contributed by atoms with Gasteiger partial charge in [0, 0.05) is 19.2 Å². The van der Waals surface area contributed by atoms with Crippen LogP contribution in [0.15, 0.2) is 18.2 Å². The highest BCUT2D eigenvalue weighted by Gasteiger charge is 2.08. The summed E-state index contributed by atoms with van der Waals surface area (Å²) < 4.78 is 18.2. The second kappa shape index (κ2) is 5.05. The van der Waals surface area contributed by atoms with E-state index in [0.717, 1.165) is 5.56 Å². The van der Waals surface area contributed by atoms with E-state index in [9.17, 15) is 4.39 Å².